The lowest BCUT2D eigenvalue weighted by Crippen LogP contribution is -2.09. The van der Waals surface area contributed by atoms with Gasteiger partial charge in [0, 0.05) is 4.57 Å². The van der Waals surface area contributed by atoms with E-state index < -0.39 is 8.25 Å². The van der Waals surface area contributed by atoms with Crippen LogP contribution in [-0.4, -0.2) is 18.6 Å². The molecule has 0 aliphatic carbocycles. The first-order valence-corrected chi connectivity index (χ1v) is 3.79. The second-order valence-corrected chi connectivity index (χ2v) is 2.63. The van der Waals surface area contributed by atoms with Crippen LogP contribution in [0.4, 0.5) is 0 Å². The molecule has 0 radical (unpaired) electrons. The highest BCUT2D eigenvalue weighted by Crippen LogP contribution is 2.33. The Morgan fingerprint density at radius 2 is 2.62 bits per heavy atom. The maximum absolute atomic E-state index is 10.3. The number of alkyl halides is 1. The van der Waals surface area contributed by atoms with Gasteiger partial charge < -0.3 is 0 Å². The Balaban J connectivity index is 2.32. The van der Waals surface area contributed by atoms with Crippen LogP contribution in [0.2, 0.25) is 0 Å². The van der Waals surface area contributed by atoms with Crippen molar-refractivity contribution in [1.82, 2.24) is 0 Å². The molecule has 0 aromatic rings. The van der Waals surface area contributed by atoms with Gasteiger partial charge in [0.2, 0.25) is 0 Å². The van der Waals surface area contributed by atoms with E-state index in [0.29, 0.717) is 12.5 Å². The molecule has 5 heteroatoms. The molecule has 1 rings (SSSR count). The quantitative estimate of drug-likeness (QED) is 0.423. The third-order valence-corrected chi connectivity index (χ3v) is 1.95. The van der Waals surface area contributed by atoms with Gasteiger partial charge in [0.1, 0.15) is 6.61 Å². The van der Waals surface area contributed by atoms with Crippen molar-refractivity contribution in [3.63, 3.8) is 0 Å². The second kappa shape index (κ2) is 2.74. The molecule has 3 nitrogen and oxygen atoms in total. The minimum Gasteiger partial charge on any atom is -0.124 e. The van der Waals surface area contributed by atoms with Crippen LogP contribution in [0.3, 0.4) is 0 Å². The van der Waals surface area contributed by atoms with E-state index in [1.807, 2.05) is 0 Å². The fraction of sp³-hybridized carbons (Fsp3) is 1.00. The van der Waals surface area contributed by atoms with Crippen LogP contribution in [0.1, 0.15) is 0 Å². The van der Waals surface area contributed by atoms with Gasteiger partial charge in [-0.2, -0.15) is 0 Å². The summed E-state index contributed by atoms with van der Waals surface area (Å²) in [5, 5.41) is 0. The lowest BCUT2D eigenvalue weighted by Gasteiger charge is -1.87. The lowest BCUT2D eigenvalue weighted by molar-refractivity contribution is 0.263. The molecule has 46 valence electrons. The summed E-state index contributed by atoms with van der Waals surface area (Å²) in [7, 11) is -1.84. The predicted octanol–water partition coefficient (Wildman–Crippen LogP) is 1.30. The molecule has 1 aliphatic rings. The maximum atomic E-state index is 10.3. The highest BCUT2D eigenvalue weighted by atomic mass is 35.5. The van der Waals surface area contributed by atoms with Gasteiger partial charge in [0.15, 0.2) is 6.10 Å². The highest BCUT2D eigenvalue weighted by Gasteiger charge is 2.36. The van der Waals surface area contributed by atoms with Crippen LogP contribution >= 0.6 is 19.9 Å². The van der Waals surface area contributed by atoms with E-state index in [0.717, 1.165) is 0 Å². The minimum atomic E-state index is -1.84. The molecule has 1 aliphatic heterocycles. The van der Waals surface area contributed by atoms with Crippen LogP contribution in [0.25, 0.3) is 0 Å². The van der Waals surface area contributed by atoms with Crippen LogP contribution in [-0.2, 0) is 13.6 Å². The van der Waals surface area contributed by atoms with Crippen LogP contribution in [0.5, 0.6) is 0 Å². The third-order valence-electron chi connectivity index (χ3n) is 0.773. The first kappa shape index (κ1) is 6.43. The monoisotopic (exact) mass is 155 g/mol. The Hall–Kier alpha value is 0.310. The molecule has 1 saturated heterocycles. The van der Waals surface area contributed by atoms with Gasteiger partial charge in [-0.1, -0.05) is 0 Å². The van der Waals surface area contributed by atoms with Gasteiger partial charge in [0.05, 0.1) is 5.88 Å². The SMILES string of the molecule is O=[P+]1OCC(CCl)O1. The summed E-state index contributed by atoms with van der Waals surface area (Å²) in [6.45, 7) is 0.360. The molecule has 0 spiro atoms. The molecule has 0 aromatic carbocycles. The Morgan fingerprint density at radius 1 is 1.88 bits per heavy atom. The molecule has 0 aromatic heterocycles. The summed E-state index contributed by atoms with van der Waals surface area (Å²) >= 11 is 5.34. The average Bonchev–Trinajstić information content (AvgIpc) is 2.14. The van der Waals surface area contributed by atoms with E-state index in [4.69, 9.17) is 11.6 Å². The molecule has 0 bridgehead atoms. The van der Waals surface area contributed by atoms with Crippen molar-refractivity contribution in [3.05, 3.63) is 0 Å². The van der Waals surface area contributed by atoms with Crippen molar-refractivity contribution in [2.75, 3.05) is 12.5 Å². The first-order chi connectivity index (χ1) is 3.83. The fourth-order valence-electron chi connectivity index (χ4n) is 0.399. The smallest absolute Gasteiger partial charge is 0.124 e. The summed E-state index contributed by atoms with van der Waals surface area (Å²) < 4.78 is 19.5. The Bertz CT molecular complexity index is 107. The molecule has 1 heterocycles. The summed E-state index contributed by atoms with van der Waals surface area (Å²) in [6, 6.07) is 0. The Kier molecular flexibility index (Phi) is 2.20. The van der Waals surface area contributed by atoms with Crippen molar-refractivity contribution in [2.45, 2.75) is 6.10 Å². The van der Waals surface area contributed by atoms with Crippen LogP contribution in [0.15, 0.2) is 0 Å². The number of rotatable bonds is 1. The Labute approximate surface area is 52.9 Å². The van der Waals surface area contributed by atoms with Gasteiger partial charge in [-0.05, 0) is 0 Å². The lowest BCUT2D eigenvalue weighted by atomic mass is 10.5. The van der Waals surface area contributed by atoms with Crippen molar-refractivity contribution in [3.8, 4) is 0 Å². The van der Waals surface area contributed by atoms with Crippen molar-refractivity contribution in [1.29, 1.82) is 0 Å². The number of hydrogen-bond donors (Lipinski definition) is 0. The van der Waals surface area contributed by atoms with E-state index >= 15 is 0 Å². The van der Waals surface area contributed by atoms with Crippen molar-refractivity contribution < 1.29 is 13.6 Å². The zero-order valence-electron chi connectivity index (χ0n) is 4.04. The zero-order chi connectivity index (χ0) is 5.98. The van der Waals surface area contributed by atoms with Gasteiger partial charge in [-0.25, -0.2) is 0 Å². The third kappa shape index (κ3) is 1.39. The van der Waals surface area contributed by atoms with E-state index in [1.165, 1.54) is 0 Å². The Morgan fingerprint density at radius 3 is 2.88 bits per heavy atom. The van der Waals surface area contributed by atoms with E-state index in [1.54, 1.807) is 0 Å². The number of hydrogen-bond acceptors (Lipinski definition) is 3. The van der Waals surface area contributed by atoms with Crippen molar-refractivity contribution >= 4 is 19.9 Å². The van der Waals surface area contributed by atoms with Crippen molar-refractivity contribution in [2.24, 2.45) is 0 Å². The second-order valence-electron chi connectivity index (χ2n) is 1.40. The van der Waals surface area contributed by atoms with Gasteiger partial charge in [0.25, 0.3) is 0 Å². The molecule has 2 atom stereocenters. The molecule has 8 heavy (non-hydrogen) atoms. The highest BCUT2D eigenvalue weighted by molar-refractivity contribution is 7.33. The normalized spacial score (nSPS) is 33.6. The summed E-state index contributed by atoms with van der Waals surface area (Å²) in [5.74, 6) is 0.348. The molecule has 2 unspecified atom stereocenters. The summed E-state index contributed by atoms with van der Waals surface area (Å²) in [4.78, 5) is 0. The maximum Gasteiger partial charge on any atom is 0.697 e. The molecular formula is C3H5ClO3P+. The van der Waals surface area contributed by atoms with Gasteiger partial charge in [-0.15, -0.1) is 20.6 Å². The van der Waals surface area contributed by atoms with Gasteiger partial charge in [-0.3, -0.25) is 0 Å². The van der Waals surface area contributed by atoms with Crippen LogP contribution < -0.4 is 0 Å². The molecule has 0 amide bonds. The molecular weight excluding hydrogens is 150 g/mol. The minimum absolute atomic E-state index is 0.166. The van der Waals surface area contributed by atoms with E-state index in [9.17, 15) is 4.57 Å². The molecule has 1 fully saturated rings. The van der Waals surface area contributed by atoms with Gasteiger partial charge >= 0.3 is 8.25 Å². The summed E-state index contributed by atoms with van der Waals surface area (Å²) in [5.41, 5.74) is 0. The topological polar surface area (TPSA) is 35.5 Å². The standard InChI is InChI=1S/C3H5ClO3P/c4-1-3-2-6-8(5)7-3/h3H,1-2H2/q+1. The van der Waals surface area contributed by atoms with E-state index in [-0.39, 0.29) is 6.10 Å². The predicted molar refractivity (Wildman–Crippen MR) is 29.2 cm³/mol. The zero-order valence-corrected chi connectivity index (χ0v) is 5.69. The fourth-order valence-corrected chi connectivity index (χ4v) is 1.37. The summed E-state index contributed by atoms with van der Waals surface area (Å²) in [6.07, 6.45) is -0.166. The molecule has 0 saturated carbocycles. The first-order valence-electron chi connectivity index (χ1n) is 2.16. The molecule has 0 N–H and O–H groups in total. The number of halogens is 1. The van der Waals surface area contributed by atoms with Crippen LogP contribution in [0, 0.1) is 0 Å². The largest absolute Gasteiger partial charge is 0.697 e. The van der Waals surface area contributed by atoms with E-state index in [2.05, 4.69) is 9.05 Å². The average molecular weight is 155 g/mol.